The van der Waals surface area contributed by atoms with E-state index in [0.717, 1.165) is 44.6 Å². The maximum Gasteiger partial charge on any atom is 0.280 e. The van der Waals surface area contributed by atoms with Crippen molar-refractivity contribution < 1.29 is 9.53 Å². The number of hydrazone groups is 1. The van der Waals surface area contributed by atoms with Gasteiger partial charge in [-0.05, 0) is 73.7 Å². The molecule has 0 N–H and O–H groups in total. The van der Waals surface area contributed by atoms with Gasteiger partial charge in [0.1, 0.15) is 5.75 Å². The molecule has 1 aromatic heterocycles. The topological polar surface area (TPSA) is 59.7 Å². The number of thioether (sulfide) groups is 1. The molecule has 0 aliphatic carbocycles. The quantitative estimate of drug-likeness (QED) is 0.147. The molecular formula is C34H28N4O2S. The Kier molecular flexibility index (Phi) is 7.52. The van der Waals surface area contributed by atoms with Gasteiger partial charge in [-0.3, -0.25) is 4.79 Å². The monoisotopic (exact) mass is 556 g/mol. The third-order valence-corrected chi connectivity index (χ3v) is 7.80. The molecule has 2 heterocycles. The van der Waals surface area contributed by atoms with E-state index in [2.05, 4.69) is 31.2 Å². The van der Waals surface area contributed by atoms with Crippen molar-refractivity contribution in [2.24, 2.45) is 5.10 Å². The minimum Gasteiger partial charge on any atom is -0.497 e. The minimum absolute atomic E-state index is 0.163. The van der Waals surface area contributed by atoms with Gasteiger partial charge in [-0.1, -0.05) is 54.1 Å². The van der Waals surface area contributed by atoms with E-state index in [0.29, 0.717) is 11.3 Å². The van der Waals surface area contributed by atoms with Crippen molar-refractivity contribution in [3.05, 3.63) is 132 Å². The fourth-order valence-corrected chi connectivity index (χ4v) is 5.42. The smallest absolute Gasteiger partial charge is 0.280 e. The molecule has 0 radical (unpaired) electrons. The summed E-state index contributed by atoms with van der Waals surface area (Å²) in [7, 11) is 1.65. The first-order valence-corrected chi connectivity index (χ1v) is 14.3. The number of benzene rings is 4. The summed E-state index contributed by atoms with van der Waals surface area (Å²) < 4.78 is 7.21. The predicted molar refractivity (Wildman–Crippen MR) is 167 cm³/mol. The summed E-state index contributed by atoms with van der Waals surface area (Å²) in [6.45, 7) is 2.07. The number of rotatable bonds is 8. The van der Waals surface area contributed by atoms with Gasteiger partial charge < -0.3 is 4.74 Å². The standard InChI is InChI=1S/C34H28N4O2S/c1-24-13-19-30(20-14-24)41-23-32-31(34(39)38(35-32)28-11-7-4-8-12-28)21-26-22-37(27-9-5-3-6-10-27)36-33(26)25-15-17-29(40-2)18-16-25/h3-22H,23H2,1-2H3. The van der Waals surface area contributed by atoms with E-state index in [1.807, 2.05) is 102 Å². The van der Waals surface area contributed by atoms with E-state index in [9.17, 15) is 4.79 Å². The van der Waals surface area contributed by atoms with Crippen LogP contribution in [-0.2, 0) is 4.79 Å². The summed E-state index contributed by atoms with van der Waals surface area (Å²) in [6.07, 6.45) is 3.89. The van der Waals surface area contributed by atoms with Gasteiger partial charge in [0.15, 0.2) is 0 Å². The number of amides is 1. The van der Waals surface area contributed by atoms with E-state index in [4.69, 9.17) is 14.9 Å². The first-order chi connectivity index (χ1) is 20.1. The lowest BCUT2D eigenvalue weighted by Crippen LogP contribution is -2.21. The Hall–Kier alpha value is -4.88. The Labute approximate surface area is 243 Å². The molecular weight excluding hydrogens is 528 g/mol. The number of hydrogen-bond acceptors (Lipinski definition) is 5. The Morgan fingerprint density at radius 3 is 2.15 bits per heavy atom. The van der Waals surface area contributed by atoms with Gasteiger partial charge in [0.25, 0.3) is 5.91 Å². The molecule has 1 amide bonds. The molecule has 0 saturated heterocycles. The molecule has 6 nitrogen and oxygen atoms in total. The Bertz CT molecular complexity index is 1730. The Balaban J connectivity index is 1.43. The summed E-state index contributed by atoms with van der Waals surface area (Å²) in [5, 5.41) is 11.2. The van der Waals surface area contributed by atoms with Gasteiger partial charge >= 0.3 is 0 Å². The van der Waals surface area contributed by atoms with Gasteiger partial charge in [-0.15, -0.1) is 11.8 Å². The normalized spacial score (nSPS) is 14.0. The Morgan fingerprint density at radius 1 is 0.829 bits per heavy atom. The van der Waals surface area contributed by atoms with Crippen LogP contribution in [0, 0.1) is 6.92 Å². The molecule has 6 rings (SSSR count). The second-order valence-corrected chi connectivity index (χ2v) is 10.6. The van der Waals surface area contributed by atoms with Crippen molar-refractivity contribution >= 4 is 35.1 Å². The number of carbonyl (C=O) groups is 1. The van der Waals surface area contributed by atoms with Crippen LogP contribution in [0.4, 0.5) is 5.69 Å². The molecule has 41 heavy (non-hydrogen) atoms. The number of carbonyl (C=O) groups excluding carboxylic acids is 1. The lowest BCUT2D eigenvalue weighted by atomic mass is 10.0. The van der Waals surface area contributed by atoms with Crippen molar-refractivity contribution in [1.82, 2.24) is 9.78 Å². The third kappa shape index (κ3) is 5.71. The second-order valence-electron chi connectivity index (χ2n) is 9.60. The molecule has 5 aromatic rings. The number of para-hydroxylation sites is 2. The van der Waals surface area contributed by atoms with Crippen molar-refractivity contribution in [2.75, 3.05) is 17.9 Å². The SMILES string of the molecule is COc1ccc(-c2nn(-c3ccccc3)cc2C=C2C(=O)N(c3ccccc3)N=C2CSc2ccc(C)cc2)cc1. The molecule has 1 aliphatic heterocycles. The van der Waals surface area contributed by atoms with Gasteiger partial charge in [0.2, 0.25) is 0 Å². The summed E-state index contributed by atoms with van der Waals surface area (Å²) in [4.78, 5) is 15.0. The first-order valence-electron chi connectivity index (χ1n) is 13.3. The van der Waals surface area contributed by atoms with Crippen LogP contribution < -0.4 is 9.75 Å². The average molecular weight is 557 g/mol. The second kappa shape index (κ2) is 11.7. The summed E-state index contributed by atoms with van der Waals surface area (Å²) in [5.41, 5.74) is 6.65. The van der Waals surface area contributed by atoms with Crippen molar-refractivity contribution in [3.8, 4) is 22.7 Å². The zero-order valence-electron chi connectivity index (χ0n) is 22.8. The summed E-state index contributed by atoms with van der Waals surface area (Å²) >= 11 is 1.66. The lowest BCUT2D eigenvalue weighted by molar-refractivity contribution is -0.114. The van der Waals surface area contributed by atoms with E-state index in [1.165, 1.54) is 10.6 Å². The maximum absolute atomic E-state index is 13.9. The van der Waals surface area contributed by atoms with Gasteiger partial charge in [-0.2, -0.15) is 15.2 Å². The predicted octanol–water partition coefficient (Wildman–Crippen LogP) is 7.43. The molecule has 0 saturated carbocycles. The minimum atomic E-state index is -0.163. The number of aryl methyl sites for hydroxylation is 1. The molecule has 0 unspecified atom stereocenters. The Morgan fingerprint density at radius 2 is 1.49 bits per heavy atom. The summed E-state index contributed by atoms with van der Waals surface area (Å²) in [5.74, 6) is 1.15. The molecule has 0 bridgehead atoms. The van der Waals surface area contributed by atoms with Crippen LogP contribution in [0.15, 0.2) is 131 Å². The molecule has 4 aromatic carbocycles. The number of aromatic nitrogens is 2. The number of anilines is 1. The largest absolute Gasteiger partial charge is 0.497 e. The highest BCUT2D eigenvalue weighted by atomic mass is 32.2. The maximum atomic E-state index is 13.9. The third-order valence-electron chi connectivity index (χ3n) is 6.78. The zero-order chi connectivity index (χ0) is 28.2. The number of methoxy groups -OCH3 is 1. The van der Waals surface area contributed by atoms with E-state index < -0.39 is 0 Å². The molecule has 0 spiro atoms. The molecule has 0 fully saturated rings. The van der Waals surface area contributed by atoms with Crippen molar-refractivity contribution in [3.63, 3.8) is 0 Å². The zero-order valence-corrected chi connectivity index (χ0v) is 23.6. The molecule has 202 valence electrons. The summed E-state index contributed by atoms with van der Waals surface area (Å²) in [6, 6.07) is 35.6. The van der Waals surface area contributed by atoms with Crippen LogP contribution in [-0.4, -0.2) is 34.3 Å². The van der Waals surface area contributed by atoms with Crippen molar-refractivity contribution in [1.29, 1.82) is 0 Å². The van der Waals surface area contributed by atoms with Crippen LogP contribution in [0.25, 0.3) is 23.0 Å². The van der Waals surface area contributed by atoms with Gasteiger partial charge in [0, 0.05) is 28.0 Å². The molecule has 1 aliphatic rings. The lowest BCUT2D eigenvalue weighted by Gasteiger charge is -2.11. The highest BCUT2D eigenvalue weighted by molar-refractivity contribution is 8.00. The van der Waals surface area contributed by atoms with E-state index in [-0.39, 0.29) is 5.91 Å². The molecule has 7 heteroatoms. The number of ether oxygens (including phenoxy) is 1. The number of nitrogens with zero attached hydrogens (tertiary/aromatic N) is 4. The van der Waals surface area contributed by atoms with Crippen LogP contribution in [0.5, 0.6) is 5.75 Å². The first kappa shape index (κ1) is 26.3. The highest BCUT2D eigenvalue weighted by Crippen LogP contribution is 2.32. The number of hydrogen-bond donors (Lipinski definition) is 0. The fourth-order valence-electron chi connectivity index (χ4n) is 4.57. The fraction of sp³-hybridized carbons (Fsp3) is 0.0882. The molecule has 0 atom stereocenters. The highest BCUT2D eigenvalue weighted by Gasteiger charge is 2.31. The van der Waals surface area contributed by atoms with Gasteiger partial charge in [0.05, 0.1) is 35.5 Å². The van der Waals surface area contributed by atoms with Crippen molar-refractivity contribution in [2.45, 2.75) is 11.8 Å². The van der Waals surface area contributed by atoms with E-state index in [1.54, 1.807) is 18.9 Å². The average Bonchev–Trinajstić information content (AvgIpc) is 3.59. The van der Waals surface area contributed by atoms with E-state index >= 15 is 0 Å². The van der Waals surface area contributed by atoms with Crippen LogP contribution in [0.2, 0.25) is 0 Å². The van der Waals surface area contributed by atoms with Crippen LogP contribution >= 0.6 is 11.8 Å². The van der Waals surface area contributed by atoms with Gasteiger partial charge in [-0.25, -0.2) is 4.68 Å². The van der Waals surface area contributed by atoms with Crippen LogP contribution in [0.1, 0.15) is 11.1 Å². The van der Waals surface area contributed by atoms with Crippen LogP contribution in [0.3, 0.4) is 0 Å².